The number of nitrogens with zero attached hydrogens (tertiary/aromatic N) is 5. The topological polar surface area (TPSA) is 27.5 Å². The average molecular weight is 636 g/mol. The van der Waals surface area contributed by atoms with Crippen molar-refractivity contribution in [1.29, 1.82) is 0 Å². The zero-order valence-electron chi connectivity index (χ0n) is 28.1. The second-order valence-electron chi connectivity index (χ2n) is 14.6. The molecule has 0 bridgehead atoms. The number of rotatable bonds is 10. The van der Waals surface area contributed by atoms with Gasteiger partial charge in [0.15, 0.2) is 0 Å². The summed E-state index contributed by atoms with van der Waals surface area (Å²) in [6, 6.07) is 8.86. The van der Waals surface area contributed by atoms with Crippen molar-refractivity contribution in [3.8, 4) is 11.3 Å². The number of aromatic nitrogens is 2. The van der Waals surface area contributed by atoms with E-state index < -0.39 is 12.7 Å². The Morgan fingerprint density at radius 3 is 2.46 bits per heavy atom. The predicted molar refractivity (Wildman–Crippen MR) is 185 cm³/mol. The molecule has 250 valence electrons. The minimum atomic E-state index is -4.36. The van der Waals surface area contributed by atoms with E-state index in [1.807, 2.05) is 24.4 Å². The molecule has 2 aromatic heterocycles. The van der Waals surface area contributed by atoms with Crippen LogP contribution in [0.1, 0.15) is 83.4 Å². The highest BCUT2D eigenvalue weighted by molar-refractivity contribution is 5.95. The number of piperidine rings is 2. The second-order valence-corrected chi connectivity index (χ2v) is 14.6. The van der Waals surface area contributed by atoms with Crippen LogP contribution in [0.25, 0.3) is 22.2 Å². The van der Waals surface area contributed by atoms with Crippen molar-refractivity contribution in [3.63, 3.8) is 0 Å². The van der Waals surface area contributed by atoms with Gasteiger partial charge in [0.05, 0.1) is 17.6 Å². The van der Waals surface area contributed by atoms with E-state index in [-0.39, 0.29) is 5.41 Å². The first-order valence-electron chi connectivity index (χ1n) is 17.6. The zero-order chi connectivity index (χ0) is 32.5. The van der Waals surface area contributed by atoms with E-state index in [2.05, 4.69) is 54.2 Å². The molecule has 3 aliphatic heterocycles. The Kier molecular flexibility index (Phi) is 9.75. The molecule has 3 saturated heterocycles. The molecule has 0 N–H and O–H groups in total. The molecule has 0 saturated carbocycles. The lowest BCUT2D eigenvalue weighted by Gasteiger charge is -2.45. The lowest BCUT2D eigenvalue weighted by atomic mass is 9.80. The van der Waals surface area contributed by atoms with Gasteiger partial charge in [-0.05, 0) is 99.6 Å². The Bertz CT molecular complexity index is 1520. The molecule has 46 heavy (non-hydrogen) atoms. The van der Waals surface area contributed by atoms with E-state index in [1.165, 1.54) is 32.2 Å². The van der Waals surface area contributed by atoms with Gasteiger partial charge in [-0.25, -0.2) is 0 Å². The van der Waals surface area contributed by atoms with Gasteiger partial charge < -0.3 is 14.4 Å². The van der Waals surface area contributed by atoms with Crippen molar-refractivity contribution in [2.45, 2.75) is 104 Å². The maximum atomic E-state index is 14.5. The summed E-state index contributed by atoms with van der Waals surface area (Å²) in [5.41, 5.74) is 6.07. The van der Waals surface area contributed by atoms with Crippen LogP contribution in [0, 0.1) is 5.41 Å². The molecule has 5 nitrogen and oxygen atoms in total. The van der Waals surface area contributed by atoms with Crippen LogP contribution in [0.5, 0.6) is 0 Å². The first-order chi connectivity index (χ1) is 22.1. The van der Waals surface area contributed by atoms with Gasteiger partial charge in [0.25, 0.3) is 0 Å². The van der Waals surface area contributed by atoms with Crippen LogP contribution >= 0.6 is 0 Å². The Labute approximate surface area is 273 Å². The van der Waals surface area contributed by atoms with Crippen LogP contribution in [-0.4, -0.2) is 65.9 Å². The molecule has 0 spiro atoms. The molecule has 1 atom stereocenters. The number of hydrogen-bond donors (Lipinski definition) is 0. The number of hydrogen-bond acceptors (Lipinski definition) is 4. The molecule has 0 aliphatic carbocycles. The maximum absolute atomic E-state index is 14.5. The predicted octanol–water partition coefficient (Wildman–Crippen LogP) is 9.03. The normalized spacial score (nSPS) is 19.9. The van der Waals surface area contributed by atoms with Gasteiger partial charge in [-0.15, -0.1) is 6.58 Å². The summed E-state index contributed by atoms with van der Waals surface area (Å²) in [7, 11) is 0. The summed E-state index contributed by atoms with van der Waals surface area (Å²) in [5.74, 6) is 0. The van der Waals surface area contributed by atoms with Gasteiger partial charge in [0.1, 0.15) is 6.54 Å². The average Bonchev–Trinajstić information content (AvgIpc) is 3.33. The molecule has 8 heteroatoms. The summed E-state index contributed by atoms with van der Waals surface area (Å²) in [6.45, 7) is 15.5. The smallest absolute Gasteiger partial charge is 0.372 e. The van der Waals surface area contributed by atoms with E-state index in [9.17, 15) is 13.2 Å². The van der Waals surface area contributed by atoms with Crippen molar-refractivity contribution in [2.24, 2.45) is 5.41 Å². The van der Waals surface area contributed by atoms with Crippen LogP contribution in [0.2, 0.25) is 0 Å². The Hall–Kier alpha value is -3.00. The third-order valence-electron chi connectivity index (χ3n) is 10.6. The summed E-state index contributed by atoms with van der Waals surface area (Å²) in [4.78, 5) is 12.4. The fourth-order valence-electron chi connectivity index (χ4n) is 8.18. The summed E-state index contributed by atoms with van der Waals surface area (Å²) in [5, 5.41) is 0.942. The highest BCUT2D eigenvalue weighted by atomic mass is 19.4. The first kappa shape index (κ1) is 32.9. The van der Waals surface area contributed by atoms with E-state index in [4.69, 9.17) is 4.98 Å². The molecular weight excluding hydrogens is 583 g/mol. The summed E-state index contributed by atoms with van der Waals surface area (Å²) < 4.78 is 45.0. The van der Waals surface area contributed by atoms with Gasteiger partial charge in [-0.2, -0.15) is 13.2 Å². The second kappa shape index (κ2) is 13.6. The molecule has 5 heterocycles. The van der Waals surface area contributed by atoms with Crippen molar-refractivity contribution >= 4 is 22.3 Å². The van der Waals surface area contributed by atoms with E-state index in [0.717, 1.165) is 92.0 Å². The fraction of sp³-hybridized carbons (Fsp3) is 0.605. The largest absolute Gasteiger partial charge is 0.406 e. The van der Waals surface area contributed by atoms with Crippen molar-refractivity contribution < 1.29 is 13.2 Å². The fourth-order valence-corrected chi connectivity index (χ4v) is 8.18. The molecule has 1 aromatic carbocycles. The number of piperazine rings is 1. The summed E-state index contributed by atoms with van der Waals surface area (Å²) >= 11 is 0. The third-order valence-corrected chi connectivity index (χ3v) is 10.6. The minimum absolute atomic E-state index is 0.129. The Balaban J connectivity index is 1.53. The minimum Gasteiger partial charge on any atom is -0.372 e. The lowest BCUT2D eigenvalue weighted by Crippen LogP contribution is -2.54. The van der Waals surface area contributed by atoms with Crippen LogP contribution in [0.15, 0.2) is 43.1 Å². The van der Waals surface area contributed by atoms with Gasteiger partial charge in [0.2, 0.25) is 0 Å². The molecule has 3 aromatic rings. The number of anilines is 2. The standard InChI is InChI=1S/C38H52F3N5/c1-5-7-16-37(3,4)24-33-31-22-28(43-17-10-8-11-18-43)14-15-35(31)46(27-38(39,40)41)36(33)32-23-30(25-42-34(32)6-2)45-21-20-44-19-12-9-13-29(44)26-45/h5,14-15,22-23,25,29H,1,6-13,16-21,24,26-27H2,2-4H3. The number of halogens is 3. The van der Waals surface area contributed by atoms with Crippen LogP contribution < -0.4 is 9.80 Å². The Morgan fingerprint density at radius 2 is 1.72 bits per heavy atom. The van der Waals surface area contributed by atoms with Crippen LogP contribution in [0.3, 0.4) is 0 Å². The number of benzene rings is 1. The lowest BCUT2D eigenvalue weighted by molar-refractivity contribution is -0.139. The van der Waals surface area contributed by atoms with Crippen molar-refractivity contribution in [2.75, 3.05) is 49.1 Å². The molecule has 0 radical (unpaired) electrons. The monoisotopic (exact) mass is 635 g/mol. The van der Waals surface area contributed by atoms with Crippen LogP contribution in [0.4, 0.5) is 24.5 Å². The molecule has 0 amide bonds. The number of fused-ring (bicyclic) bond motifs is 2. The van der Waals surface area contributed by atoms with E-state index in [0.29, 0.717) is 30.1 Å². The molecule has 6 rings (SSSR count). The highest BCUT2D eigenvalue weighted by Gasteiger charge is 2.35. The quantitative estimate of drug-likeness (QED) is 0.208. The molecule has 3 aliphatic rings. The maximum Gasteiger partial charge on any atom is 0.406 e. The molecular formula is C38H52F3N5. The first-order valence-corrected chi connectivity index (χ1v) is 17.6. The van der Waals surface area contributed by atoms with Crippen molar-refractivity contribution in [1.82, 2.24) is 14.5 Å². The van der Waals surface area contributed by atoms with Gasteiger partial charge >= 0.3 is 6.18 Å². The number of allylic oxidation sites excluding steroid dienone is 1. The van der Waals surface area contributed by atoms with Gasteiger partial charge in [0, 0.05) is 66.6 Å². The van der Waals surface area contributed by atoms with Gasteiger partial charge in [-0.3, -0.25) is 9.88 Å². The zero-order valence-corrected chi connectivity index (χ0v) is 28.1. The number of pyridine rings is 1. The Morgan fingerprint density at radius 1 is 0.935 bits per heavy atom. The van der Waals surface area contributed by atoms with E-state index >= 15 is 0 Å². The molecule has 1 unspecified atom stereocenters. The highest BCUT2D eigenvalue weighted by Crippen LogP contribution is 2.44. The number of alkyl halides is 3. The number of aryl methyl sites for hydroxylation is 1. The van der Waals surface area contributed by atoms with Crippen LogP contribution in [-0.2, 0) is 19.4 Å². The summed E-state index contributed by atoms with van der Waals surface area (Å²) in [6.07, 6.45) is 9.89. The SMILES string of the molecule is C=CCCC(C)(C)Cc1c(-c2cc(N3CCN4CCCCC4C3)cnc2CC)n(CC(F)(F)F)c2ccc(N3CCCCC3)cc12. The third kappa shape index (κ3) is 7.12. The molecule has 3 fully saturated rings. The van der Waals surface area contributed by atoms with Crippen molar-refractivity contribution in [3.05, 3.63) is 54.4 Å². The van der Waals surface area contributed by atoms with E-state index in [1.54, 1.807) is 4.57 Å². The van der Waals surface area contributed by atoms with Gasteiger partial charge in [-0.1, -0.05) is 33.3 Å².